The van der Waals surface area contributed by atoms with Gasteiger partial charge in [0.2, 0.25) is 5.91 Å². The highest BCUT2D eigenvalue weighted by Crippen LogP contribution is 2.52. The molecule has 0 spiro atoms. The Morgan fingerprint density at radius 3 is 2.53 bits per heavy atom. The number of benzene rings is 1. The number of ether oxygens (including phenoxy) is 1. The lowest BCUT2D eigenvalue weighted by Gasteiger charge is -2.53. The van der Waals surface area contributed by atoms with Gasteiger partial charge in [-0.25, -0.2) is 4.98 Å². The molecule has 2 saturated carbocycles. The molecule has 3 fully saturated rings. The molecule has 2 unspecified atom stereocenters. The van der Waals surface area contributed by atoms with Crippen molar-refractivity contribution in [3.05, 3.63) is 54.5 Å². The van der Waals surface area contributed by atoms with Gasteiger partial charge < -0.3 is 10.1 Å². The molecule has 192 valence electrons. The predicted molar refractivity (Wildman–Crippen MR) is 138 cm³/mol. The van der Waals surface area contributed by atoms with Crippen LogP contribution in [0.2, 0.25) is 0 Å². The van der Waals surface area contributed by atoms with E-state index >= 15 is 0 Å². The first-order valence-corrected chi connectivity index (χ1v) is 13.6. The van der Waals surface area contributed by atoms with Crippen molar-refractivity contribution in [3.8, 4) is 0 Å². The fourth-order valence-corrected chi connectivity index (χ4v) is 6.81. The number of hydrogen-bond donors (Lipinski definition) is 1. The van der Waals surface area contributed by atoms with E-state index in [1.165, 1.54) is 12.8 Å². The Morgan fingerprint density at radius 1 is 1.06 bits per heavy atom. The maximum absolute atomic E-state index is 13.9. The summed E-state index contributed by atoms with van der Waals surface area (Å²) in [6.07, 6.45) is 13.8. The molecule has 0 radical (unpaired) electrons. The average molecular weight is 491 g/mol. The van der Waals surface area contributed by atoms with E-state index in [0.717, 1.165) is 63.6 Å². The number of fused-ring (bicyclic) bond motifs is 1. The van der Waals surface area contributed by atoms with Crippen LogP contribution in [0.1, 0.15) is 70.3 Å². The van der Waals surface area contributed by atoms with Crippen molar-refractivity contribution in [2.45, 2.75) is 75.7 Å². The summed E-state index contributed by atoms with van der Waals surface area (Å²) < 4.78 is 6.50. The highest BCUT2D eigenvalue weighted by atomic mass is 16.6. The van der Waals surface area contributed by atoms with Crippen LogP contribution in [0.4, 0.5) is 5.82 Å². The van der Waals surface area contributed by atoms with Gasteiger partial charge in [0.25, 0.3) is 0 Å². The zero-order chi connectivity index (χ0) is 25.0. The SMILES string of the molecule is C[C@]1(OC(=O)C2(c3ccccc3)CCCCCC2)CC2CCN(CC(=O)Nc3cnccn3)CCC21. The summed E-state index contributed by atoms with van der Waals surface area (Å²) in [5.41, 5.74) is 0.159. The van der Waals surface area contributed by atoms with Crippen LogP contribution in [0.25, 0.3) is 0 Å². The Labute approximate surface area is 214 Å². The van der Waals surface area contributed by atoms with Crippen molar-refractivity contribution in [3.63, 3.8) is 0 Å². The predicted octanol–water partition coefficient (Wildman–Crippen LogP) is 4.74. The van der Waals surface area contributed by atoms with Crippen molar-refractivity contribution in [2.75, 3.05) is 25.0 Å². The van der Waals surface area contributed by atoms with Crippen molar-refractivity contribution in [2.24, 2.45) is 11.8 Å². The lowest BCUT2D eigenvalue weighted by atomic mass is 9.59. The van der Waals surface area contributed by atoms with E-state index in [-0.39, 0.29) is 11.9 Å². The van der Waals surface area contributed by atoms with Gasteiger partial charge in [-0.05, 0) is 63.6 Å². The summed E-state index contributed by atoms with van der Waals surface area (Å²) in [6, 6.07) is 10.3. The molecule has 2 aliphatic carbocycles. The third kappa shape index (κ3) is 5.17. The highest BCUT2D eigenvalue weighted by Gasteiger charge is 2.55. The van der Waals surface area contributed by atoms with Gasteiger partial charge in [-0.1, -0.05) is 56.0 Å². The smallest absolute Gasteiger partial charge is 0.317 e. The molecular formula is C29H38N4O3. The van der Waals surface area contributed by atoms with E-state index in [9.17, 15) is 9.59 Å². The van der Waals surface area contributed by atoms with Crippen molar-refractivity contribution in [1.82, 2.24) is 14.9 Å². The second kappa shape index (κ2) is 10.7. The molecule has 1 aromatic heterocycles. The molecule has 0 bridgehead atoms. The topological polar surface area (TPSA) is 84.4 Å². The number of carbonyl (C=O) groups excluding carboxylic acids is 2. The number of aromatic nitrogens is 2. The highest BCUT2D eigenvalue weighted by molar-refractivity contribution is 5.91. The van der Waals surface area contributed by atoms with Crippen LogP contribution in [0, 0.1) is 11.8 Å². The Morgan fingerprint density at radius 2 is 1.81 bits per heavy atom. The third-order valence-corrected chi connectivity index (χ3v) is 8.79. The monoisotopic (exact) mass is 490 g/mol. The number of rotatable bonds is 6. The quantitative estimate of drug-likeness (QED) is 0.465. The Kier molecular flexibility index (Phi) is 7.37. The minimum Gasteiger partial charge on any atom is -0.458 e. The van der Waals surface area contributed by atoms with E-state index in [4.69, 9.17) is 4.74 Å². The molecule has 36 heavy (non-hydrogen) atoms. The van der Waals surface area contributed by atoms with E-state index in [1.54, 1.807) is 18.6 Å². The summed E-state index contributed by atoms with van der Waals surface area (Å²) in [4.78, 5) is 36.8. The molecular weight excluding hydrogens is 452 g/mol. The number of anilines is 1. The number of likely N-dealkylation sites (tertiary alicyclic amines) is 1. The zero-order valence-electron chi connectivity index (χ0n) is 21.3. The lowest BCUT2D eigenvalue weighted by Crippen LogP contribution is -2.56. The fraction of sp³-hybridized carbons (Fsp3) is 0.586. The second-order valence-corrected chi connectivity index (χ2v) is 11.1. The van der Waals surface area contributed by atoms with Gasteiger partial charge in [0, 0.05) is 18.3 Å². The number of nitrogens with zero attached hydrogens (tertiary/aromatic N) is 3. The molecule has 7 nitrogen and oxygen atoms in total. The van der Waals surface area contributed by atoms with Gasteiger partial charge in [-0.15, -0.1) is 0 Å². The first-order valence-electron chi connectivity index (χ1n) is 13.6. The Bertz CT molecular complexity index is 1040. The van der Waals surface area contributed by atoms with Gasteiger partial charge in [0.15, 0.2) is 5.82 Å². The maximum Gasteiger partial charge on any atom is 0.317 e. The van der Waals surface area contributed by atoms with E-state index < -0.39 is 11.0 Å². The van der Waals surface area contributed by atoms with Crippen molar-refractivity contribution >= 4 is 17.7 Å². The fourth-order valence-electron chi connectivity index (χ4n) is 6.81. The second-order valence-electron chi connectivity index (χ2n) is 11.1. The molecule has 1 aliphatic heterocycles. The number of nitrogens with one attached hydrogen (secondary N) is 1. The number of amides is 1. The largest absolute Gasteiger partial charge is 0.458 e. The maximum atomic E-state index is 13.9. The lowest BCUT2D eigenvalue weighted by molar-refractivity contribution is -0.198. The van der Waals surface area contributed by atoms with Crippen LogP contribution in [0.15, 0.2) is 48.9 Å². The van der Waals surface area contributed by atoms with Gasteiger partial charge in [-0.2, -0.15) is 0 Å². The van der Waals surface area contributed by atoms with Crippen LogP contribution >= 0.6 is 0 Å². The number of esters is 1. The van der Waals surface area contributed by atoms with Gasteiger partial charge >= 0.3 is 5.97 Å². The van der Waals surface area contributed by atoms with Crippen LogP contribution in [-0.4, -0.2) is 52.0 Å². The van der Waals surface area contributed by atoms with Gasteiger partial charge in [0.05, 0.1) is 18.2 Å². The Balaban J connectivity index is 1.22. The summed E-state index contributed by atoms with van der Waals surface area (Å²) >= 11 is 0. The zero-order valence-corrected chi connectivity index (χ0v) is 21.3. The van der Waals surface area contributed by atoms with Gasteiger partial charge in [0.1, 0.15) is 5.60 Å². The van der Waals surface area contributed by atoms with E-state index in [2.05, 4.69) is 39.2 Å². The normalized spacial score (nSPS) is 28.0. The molecule has 1 saturated heterocycles. The molecule has 2 heterocycles. The van der Waals surface area contributed by atoms with Crippen LogP contribution in [0.3, 0.4) is 0 Å². The standard InChI is InChI=1S/C29H38N4O3/c1-28(36-27(35)29(13-7-2-3-8-14-29)23-9-5-4-6-10-23)19-22-11-17-33(18-12-24(22)28)21-26(34)32-25-20-30-15-16-31-25/h4-6,9-10,15-16,20,22,24H,2-3,7-8,11-14,17-19,21H2,1H3,(H,31,32,34)/t22?,24?,28-/m0/s1. The molecule has 1 aromatic carbocycles. The van der Waals surface area contributed by atoms with E-state index in [1.807, 2.05) is 18.2 Å². The summed E-state index contributed by atoms with van der Waals surface area (Å²) in [5, 5.41) is 2.83. The molecule has 3 atom stereocenters. The van der Waals surface area contributed by atoms with Crippen LogP contribution < -0.4 is 5.32 Å². The minimum absolute atomic E-state index is 0.0269. The summed E-state index contributed by atoms with van der Waals surface area (Å²) in [6.45, 7) is 4.18. The van der Waals surface area contributed by atoms with Crippen molar-refractivity contribution in [1.29, 1.82) is 0 Å². The summed E-state index contributed by atoms with van der Waals surface area (Å²) in [5.74, 6) is 1.26. The average Bonchev–Trinajstić information content (AvgIpc) is 3.23. The minimum atomic E-state index is -0.527. The van der Waals surface area contributed by atoms with Crippen molar-refractivity contribution < 1.29 is 14.3 Å². The molecule has 2 aromatic rings. The number of hydrogen-bond acceptors (Lipinski definition) is 6. The van der Waals surface area contributed by atoms with Gasteiger partial charge in [-0.3, -0.25) is 19.5 Å². The first kappa shape index (κ1) is 24.9. The number of carbonyl (C=O) groups is 2. The van der Waals surface area contributed by atoms with E-state index in [0.29, 0.717) is 24.2 Å². The Hall–Kier alpha value is -2.80. The van der Waals surface area contributed by atoms with Crippen LogP contribution in [0.5, 0.6) is 0 Å². The molecule has 1 amide bonds. The molecule has 7 heteroatoms. The molecule has 3 aliphatic rings. The third-order valence-electron chi connectivity index (χ3n) is 8.79. The van der Waals surface area contributed by atoms with Crippen LogP contribution in [-0.2, 0) is 19.7 Å². The molecule has 5 rings (SSSR count). The molecule has 1 N–H and O–H groups in total. The first-order chi connectivity index (χ1) is 17.5. The summed E-state index contributed by atoms with van der Waals surface area (Å²) in [7, 11) is 0.